The van der Waals surface area contributed by atoms with E-state index in [1.54, 1.807) is 0 Å². The number of carbonyl (C=O) groups excluding carboxylic acids is 2. The van der Waals surface area contributed by atoms with Gasteiger partial charge in [-0.1, -0.05) is 0 Å². The number of halogens is 2. The van der Waals surface area contributed by atoms with Gasteiger partial charge in [-0.2, -0.15) is 0 Å². The van der Waals surface area contributed by atoms with Gasteiger partial charge in [-0.15, -0.1) is 0 Å². The molecule has 0 saturated carbocycles. The molecule has 0 saturated heterocycles. The molecule has 0 bridgehead atoms. The molecule has 0 aromatic rings. The molecule has 1 rings (SSSR count). The van der Waals surface area contributed by atoms with E-state index in [9.17, 15) is 9.59 Å². The Morgan fingerprint density at radius 3 is 1.64 bits per heavy atom. The molecule has 0 unspecified atom stereocenters. The Hall–Kier alpha value is 0.924. The molecular weight excluding hydrogens is 411 g/mol. The van der Waals surface area contributed by atoms with Crippen LogP contribution in [0.1, 0.15) is 0 Å². The number of carbonyl (C=O) groups is 2. The second-order valence-electron chi connectivity index (χ2n) is 1.63. The van der Waals surface area contributed by atoms with E-state index < -0.39 is 0 Å². The van der Waals surface area contributed by atoms with Crippen LogP contribution in [0.2, 0.25) is 0 Å². The number of rotatable bonds is 0. The summed E-state index contributed by atoms with van der Waals surface area (Å²) in [4.78, 5) is 21.9. The normalized spacial score (nSPS) is 14.6. The van der Waals surface area contributed by atoms with Gasteiger partial charge in [0, 0.05) is 19.2 Å². The zero-order valence-electron chi connectivity index (χ0n) is 5.62. The van der Waals surface area contributed by atoms with E-state index in [0.717, 1.165) is 4.90 Å². The maximum absolute atomic E-state index is 10.4. The molecule has 11 heavy (non-hydrogen) atoms. The van der Waals surface area contributed by atoms with Gasteiger partial charge < -0.3 is 0 Å². The molecule has 61 valence electrons. The Kier molecular flexibility index (Phi) is 6.98. The minimum absolute atomic E-state index is 0.241. The summed E-state index contributed by atoms with van der Waals surface area (Å²) in [5.74, 6) is -0.481. The number of amides is 2. The van der Waals surface area contributed by atoms with Gasteiger partial charge in [0.25, 0.3) is 11.8 Å². The van der Waals surface area contributed by atoms with E-state index in [1.807, 2.05) is 0 Å². The summed E-state index contributed by atoms with van der Waals surface area (Å²) < 4.78 is 0. The zero-order valence-corrected chi connectivity index (χ0v) is 11.3. The third kappa shape index (κ3) is 4.49. The average molecular weight is 416 g/mol. The van der Waals surface area contributed by atoms with Gasteiger partial charge >= 0.3 is 49.4 Å². The number of imide groups is 1. The van der Waals surface area contributed by atoms with Crippen molar-refractivity contribution in [1.82, 2.24) is 4.90 Å². The summed E-state index contributed by atoms with van der Waals surface area (Å²) >= 11 is 4.74. The Balaban J connectivity index is 0.000000292. The molecule has 0 radical (unpaired) electrons. The van der Waals surface area contributed by atoms with Gasteiger partial charge in [-0.25, -0.2) is 0 Å². The second-order valence-corrected chi connectivity index (χ2v) is 13.4. The quantitative estimate of drug-likeness (QED) is 0.442. The molecule has 0 spiro atoms. The Labute approximate surface area is 93.8 Å². The van der Waals surface area contributed by atoms with Crippen LogP contribution in [-0.4, -0.2) is 23.8 Å². The summed E-state index contributed by atoms with van der Waals surface area (Å²) in [5, 5.41) is 0. The molecule has 1 aliphatic rings. The first-order valence-corrected chi connectivity index (χ1v) is 11.6. The maximum atomic E-state index is 10.4. The SMILES string of the molecule is CN1C(=O)C=CC1=O.[I][V][I]. The Morgan fingerprint density at radius 2 is 1.55 bits per heavy atom. The summed E-state index contributed by atoms with van der Waals surface area (Å²) in [6.45, 7) is 0. The molecule has 1 heterocycles. The van der Waals surface area contributed by atoms with Crippen LogP contribution in [0, 0.1) is 0 Å². The van der Waals surface area contributed by atoms with E-state index >= 15 is 0 Å². The van der Waals surface area contributed by atoms with Crippen LogP contribution in [-0.2, 0) is 19.1 Å². The van der Waals surface area contributed by atoms with E-state index in [1.165, 1.54) is 19.2 Å². The van der Waals surface area contributed by atoms with Crippen molar-refractivity contribution >= 4 is 51.8 Å². The van der Waals surface area contributed by atoms with E-state index in [2.05, 4.69) is 40.0 Å². The van der Waals surface area contributed by atoms with Crippen molar-refractivity contribution in [3.63, 3.8) is 0 Å². The van der Waals surface area contributed by atoms with Crippen LogP contribution in [0.5, 0.6) is 0 Å². The summed E-state index contributed by atoms with van der Waals surface area (Å²) in [5.41, 5.74) is 0. The molecule has 1 aliphatic heterocycles. The van der Waals surface area contributed by atoms with Crippen molar-refractivity contribution < 1.29 is 19.1 Å². The van der Waals surface area contributed by atoms with Crippen molar-refractivity contribution in [2.75, 3.05) is 7.05 Å². The number of nitrogens with zero attached hydrogens (tertiary/aromatic N) is 1. The number of hydrogen-bond donors (Lipinski definition) is 0. The van der Waals surface area contributed by atoms with Crippen molar-refractivity contribution in [2.24, 2.45) is 0 Å². The first kappa shape index (κ1) is 11.9. The fourth-order valence-corrected chi connectivity index (χ4v) is 0.475. The van der Waals surface area contributed by atoms with E-state index in [4.69, 9.17) is 0 Å². The summed E-state index contributed by atoms with van der Waals surface area (Å²) in [6, 6.07) is 0. The molecule has 0 N–H and O–H groups in total. The fraction of sp³-hybridized carbons (Fsp3) is 0.200. The van der Waals surface area contributed by atoms with Crippen LogP contribution < -0.4 is 0 Å². The molecule has 0 atom stereocenters. The number of hydrogen-bond acceptors (Lipinski definition) is 2. The van der Waals surface area contributed by atoms with Gasteiger partial charge in [-0.05, 0) is 0 Å². The summed E-state index contributed by atoms with van der Waals surface area (Å²) in [7, 11) is 2.08. The first-order valence-electron chi connectivity index (χ1n) is 2.55. The average Bonchev–Trinajstić information content (AvgIpc) is 2.22. The monoisotopic (exact) mass is 416 g/mol. The molecule has 0 aromatic carbocycles. The van der Waals surface area contributed by atoms with Gasteiger partial charge in [0.2, 0.25) is 0 Å². The van der Waals surface area contributed by atoms with Gasteiger partial charge in [0.1, 0.15) is 0 Å². The molecule has 2 amide bonds. The zero-order chi connectivity index (χ0) is 8.85. The topological polar surface area (TPSA) is 37.4 Å². The molecule has 0 fully saturated rings. The Bertz CT molecular complexity index is 177. The third-order valence-electron chi connectivity index (χ3n) is 1.03. The van der Waals surface area contributed by atoms with Crippen molar-refractivity contribution in [3.05, 3.63) is 12.2 Å². The predicted molar refractivity (Wildman–Crippen MR) is 55.0 cm³/mol. The predicted octanol–water partition coefficient (Wildman–Crippen LogP) is 1.31. The van der Waals surface area contributed by atoms with Crippen LogP contribution in [0.4, 0.5) is 0 Å². The molecular formula is C5H5I2NO2V. The minimum atomic E-state index is -0.241. The van der Waals surface area contributed by atoms with Gasteiger partial charge in [0.05, 0.1) is 0 Å². The van der Waals surface area contributed by atoms with Crippen LogP contribution in [0.3, 0.4) is 0 Å². The van der Waals surface area contributed by atoms with Crippen molar-refractivity contribution in [3.8, 4) is 0 Å². The molecule has 6 heteroatoms. The third-order valence-corrected chi connectivity index (χ3v) is 1.03. The molecule has 0 aromatic heterocycles. The van der Waals surface area contributed by atoms with Crippen molar-refractivity contribution in [2.45, 2.75) is 0 Å². The Morgan fingerprint density at radius 1 is 1.27 bits per heavy atom. The van der Waals surface area contributed by atoms with Gasteiger partial charge in [0.15, 0.2) is 0 Å². The molecule has 0 aliphatic carbocycles. The first-order chi connectivity index (χ1) is 5.13. The second kappa shape index (κ2) is 6.44. The molecule has 3 nitrogen and oxygen atoms in total. The van der Waals surface area contributed by atoms with Crippen molar-refractivity contribution in [1.29, 1.82) is 0 Å². The summed E-state index contributed by atoms with van der Waals surface area (Å²) in [6.07, 6.45) is 2.50. The number of likely N-dealkylation sites (N-methyl/N-ethyl adjacent to an activating group) is 1. The van der Waals surface area contributed by atoms with Crippen LogP contribution in [0.25, 0.3) is 0 Å². The van der Waals surface area contributed by atoms with E-state index in [-0.39, 0.29) is 11.8 Å². The van der Waals surface area contributed by atoms with Crippen LogP contribution in [0.15, 0.2) is 12.2 Å². The fourth-order valence-electron chi connectivity index (χ4n) is 0.475. The van der Waals surface area contributed by atoms with Crippen LogP contribution >= 0.6 is 40.0 Å². The van der Waals surface area contributed by atoms with E-state index in [0.29, 0.717) is 9.47 Å². The van der Waals surface area contributed by atoms with Gasteiger partial charge in [-0.3, -0.25) is 14.5 Å². The standard InChI is InChI=1S/C5H5NO2.2HI.V/c1-6-4(7)2-3-5(6)8;;;/h2-3H,1H3;2*1H;/q;;;+2/p-2.